The molecule has 2 aliphatic rings. The molecule has 0 bridgehead atoms. The van der Waals surface area contributed by atoms with Gasteiger partial charge in [-0.25, -0.2) is 17.2 Å². The number of carbonyl (C=O) groups excluding carboxylic acids is 2. The molecule has 2 aromatic rings. The van der Waals surface area contributed by atoms with Crippen molar-refractivity contribution >= 4 is 44.5 Å². The third-order valence-electron chi connectivity index (χ3n) is 4.80. The number of likely N-dealkylation sites (N-methyl/N-ethyl adjacent to an activating group) is 1. The van der Waals surface area contributed by atoms with E-state index in [2.05, 4.69) is 15.0 Å². The summed E-state index contributed by atoms with van der Waals surface area (Å²) in [7, 11) is -2.14. The van der Waals surface area contributed by atoms with E-state index in [9.17, 15) is 26.8 Å². The van der Waals surface area contributed by atoms with Gasteiger partial charge >= 0.3 is 0 Å². The van der Waals surface area contributed by atoms with E-state index in [4.69, 9.17) is 0 Å². The standard InChI is InChI=1S/C19H16F2N4O4S2/c1-22-18(27)16(10-2-4-12(20)13(21)8-10)23-17(26)11-3-5-14-15(9-11)30-19-24-31(28,29)7-6-25(14)19/h2-5,8-9,16H,6-7H2,1H3,(H,22,27)(H,23,26). The monoisotopic (exact) mass is 466 g/mol. The topological polar surface area (TPSA) is 108 Å². The van der Waals surface area contributed by atoms with Gasteiger partial charge in [-0.3, -0.25) is 9.59 Å². The van der Waals surface area contributed by atoms with Crippen LogP contribution in [-0.2, 0) is 14.8 Å². The average molecular weight is 466 g/mol. The van der Waals surface area contributed by atoms with Gasteiger partial charge in [-0.05, 0) is 47.7 Å². The molecule has 12 heteroatoms. The Kier molecular flexibility index (Phi) is 5.43. The van der Waals surface area contributed by atoms with Gasteiger partial charge in [-0.2, -0.15) is 0 Å². The number of sulfonamides is 1. The van der Waals surface area contributed by atoms with Crippen LogP contribution in [-0.4, -0.2) is 44.7 Å². The van der Waals surface area contributed by atoms with E-state index in [-0.39, 0.29) is 23.4 Å². The van der Waals surface area contributed by atoms with E-state index in [1.54, 1.807) is 17.0 Å². The zero-order valence-electron chi connectivity index (χ0n) is 16.1. The molecule has 0 saturated carbocycles. The first-order valence-electron chi connectivity index (χ1n) is 9.08. The first kappa shape index (κ1) is 21.2. The molecule has 162 valence electrons. The molecule has 0 saturated heterocycles. The molecule has 8 nitrogen and oxygen atoms in total. The Balaban J connectivity index is 1.60. The van der Waals surface area contributed by atoms with Gasteiger partial charge < -0.3 is 15.5 Å². The van der Waals surface area contributed by atoms with Gasteiger partial charge in [-0.15, -0.1) is 4.40 Å². The second kappa shape index (κ2) is 7.93. The van der Waals surface area contributed by atoms with Gasteiger partial charge in [0.2, 0.25) is 5.91 Å². The second-order valence-corrected chi connectivity index (χ2v) is 9.55. The average Bonchev–Trinajstić information content (AvgIpc) is 3.08. The number of anilines is 1. The van der Waals surface area contributed by atoms with Gasteiger partial charge in [0.1, 0.15) is 6.04 Å². The molecule has 31 heavy (non-hydrogen) atoms. The summed E-state index contributed by atoms with van der Waals surface area (Å²) in [5.41, 5.74) is 1.03. The summed E-state index contributed by atoms with van der Waals surface area (Å²) in [5.74, 6) is -3.52. The van der Waals surface area contributed by atoms with Crippen molar-refractivity contribution in [3.63, 3.8) is 0 Å². The number of thioether (sulfide) groups is 1. The predicted octanol–water partition coefficient (Wildman–Crippen LogP) is 1.79. The Morgan fingerprint density at radius 2 is 1.94 bits per heavy atom. The number of halogens is 2. The minimum absolute atomic E-state index is 0.0822. The predicted molar refractivity (Wildman–Crippen MR) is 111 cm³/mol. The quantitative estimate of drug-likeness (QED) is 0.712. The number of nitrogens with one attached hydrogen (secondary N) is 2. The number of amidine groups is 1. The Hall–Kier alpha value is -2.99. The van der Waals surface area contributed by atoms with Crippen molar-refractivity contribution in [2.75, 3.05) is 24.2 Å². The molecule has 1 unspecified atom stereocenters. The highest BCUT2D eigenvalue weighted by Gasteiger charge is 2.33. The normalized spacial score (nSPS) is 17.3. The van der Waals surface area contributed by atoms with Crippen molar-refractivity contribution in [1.29, 1.82) is 0 Å². The van der Waals surface area contributed by atoms with Crippen LogP contribution in [0.4, 0.5) is 14.5 Å². The van der Waals surface area contributed by atoms with Crippen LogP contribution in [0.1, 0.15) is 22.0 Å². The number of hydrogen-bond donors (Lipinski definition) is 2. The highest BCUT2D eigenvalue weighted by Crippen LogP contribution is 2.42. The molecule has 0 aliphatic carbocycles. The van der Waals surface area contributed by atoms with Crippen molar-refractivity contribution in [3.05, 3.63) is 59.2 Å². The van der Waals surface area contributed by atoms with Crippen LogP contribution in [0.25, 0.3) is 0 Å². The molecule has 0 radical (unpaired) electrons. The van der Waals surface area contributed by atoms with E-state index < -0.39 is 39.5 Å². The van der Waals surface area contributed by atoms with Crippen LogP contribution in [0.3, 0.4) is 0 Å². The molecule has 0 spiro atoms. The number of fused-ring (bicyclic) bond motifs is 3. The number of amides is 2. The summed E-state index contributed by atoms with van der Waals surface area (Å²) in [5, 5.41) is 5.23. The van der Waals surface area contributed by atoms with Crippen molar-refractivity contribution in [1.82, 2.24) is 10.6 Å². The fourth-order valence-corrected chi connectivity index (χ4v) is 5.52. The van der Waals surface area contributed by atoms with Crippen LogP contribution < -0.4 is 15.5 Å². The number of nitrogens with zero attached hydrogens (tertiary/aromatic N) is 2. The van der Waals surface area contributed by atoms with Crippen LogP contribution in [0, 0.1) is 11.6 Å². The number of hydrogen-bond acceptors (Lipinski definition) is 6. The fourth-order valence-electron chi connectivity index (χ4n) is 3.22. The molecule has 0 aromatic heterocycles. The van der Waals surface area contributed by atoms with Crippen LogP contribution in [0.15, 0.2) is 45.7 Å². The van der Waals surface area contributed by atoms with Crippen LogP contribution >= 0.6 is 11.8 Å². The molecule has 2 amide bonds. The minimum Gasteiger partial charge on any atom is -0.357 e. The van der Waals surface area contributed by atoms with E-state index >= 15 is 0 Å². The molecular weight excluding hydrogens is 450 g/mol. The summed E-state index contributed by atoms with van der Waals surface area (Å²) in [6.45, 7) is 0.265. The first-order valence-corrected chi connectivity index (χ1v) is 11.5. The summed E-state index contributed by atoms with van der Waals surface area (Å²) in [4.78, 5) is 27.5. The Morgan fingerprint density at radius 1 is 1.16 bits per heavy atom. The van der Waals surface area contributed by atoms with Crippen LogP contribution in [0.2, 0.25) is 0 Å². The summed E-state index contributed by atoms with van der Waals surface area (Å²) < 4.78 is 54.1. The van der Waals surface area contributed by atoms with E-state index in [0.717, 1.165) is 29.6 Å². The third-order valence-corrected chi connectivity index (χ3v) is 7.10. The zero-order chi connectivity index (χ0) is 22.3. The molecular formula is C19H16F2N4O4S2. The first-order chi connectivity index (χ1) is 14.7. The molecule has 1 atom stereocenters. The van der Waals surface area contributed by atoms with E-state index in [1.807, 2.05) is 0 Å². The molecule has 2 aromatic carbocycles. The number of rotatable bonds is 4. The second-order valence-electron chi connectivity index (χ2n) is 6.79. The smallest absolute Gasteiger partial charge is 0.257 e. The highest BCUT2D eigenvalue weighted by atomic mass is 32.2. The highest BCUT2D eigenvalue weighted by molar-refractivity contribution is 8.15. The van der Waals surface area contributed by atoms with Gasteiger partial charge in [0.25, 0.3) is 15.9 Å². The lowest BCUT2D eigenvalue weighted by molar-refractivity contribution is -0.122. The van der Waals surface area contributed by atoms with Gasteiger partial charge in [0.15, 0.2) is 16.8 Å². The van der Waals surface area contributed by atoms with Gasteiger partial charge in [-0.1, -0.05) is 6.07 Å². The van der Waals surface area contributed by atoms with Crippen molar-refractivity contribution in [3.8, 4) is 0 Å². The van der Waals surface area contributed by atoms with E-state index in [1.165, 1.54) is 19.2 Å². The molecule has 2 N–H and O–H groups in total. The maximum atomic E-state index is 13.6. The van der Waals surface area contributed by atoms with Gasteiger partial charge in [0, 0.05) is 24.1 Å². The third kappa shape index (κ3) is 4.12. The lowest BCUT2D eigenvalue weighted by atomic mass is 10.0. The lowest BCUT2D eigenvalue weighted by Crippen LogP contribution is -2.39. The Morgan fingerprint density at radius 3 is 2.65 bits per heavy atom. The molecule has 2 aliphatic heterocycles. The van der Waals surface area contributed by atoms with Crippen molar-refractivity contribution in [2.45, 2.75) is 10.9 Å². The Bertz CT molecular complexity index is 1230. The Labute approximate surface area is 180 Å². The summed E-state index contributed by atoms with van der Waals surface area (Å²) in [6.07, 6.45) is 0. The molecule has 0 fully saturated rings. The van der Waals surface area contributed by atoms with Crippen LogP contribution in [0.5, 0.6) is 0 Å². The lowest BCUT2D eigenvalue weighted by Gasteiger charge is -2.22. The number of carbonyl (C=O) groups is 2. The maximum absolute atomic E-state index is 13.6. The largest absolute Gasteiger partial charge is 0.357 e. The zero-order valence-corrected chi connectivity index (χ0v) is 17.7. The van der Waals surface area contributed by atoms with Crippen molar-refractivity contribution in [2.24, 2.45) is 4.40 Å². The summed E-state index contributed by atoms with van der Waals surface area (Å²) in [6, 6.07) is 6.48. The molecule has 4 rings (SSSR count). The van der Waals surface area contributed by atoms with Crippen molar-refractivity contribution < 1.29 is 26.8 Å². The maximum Gasteiger partial charge on any atom is 0.257 e. The SMILES string of the molecule is CNC(=O)C(NC(=O)c1ccc2c(c1)SC1=NS(=O)(=O)CCN12)c1ccc(F)c(F)c1. The summed E-state index contributed by atoms with van der Waals surface area (Å²) >= 11 is 1.13. The molecule has 2 heterocycles. The number of benzene rings is 2. The van der Waals surface area contributed by atoms with Gasteiger partial charge in [0.05, 0.1) is 11.4 Å². The minimum atomic E-state index is -3.50. The van der Waals surface area contributed by atoms with E-state index in [0.29, 0.717) is 10.1 Å². The fraction of sp³-hybridized carbons (Fsp3) is 0.211.